The van der Waals surface area contributed by atoms with Gasteiger partial charge in [0.15, 0.2) is 16.6 Å². The molecule has 0 spiro atoms. The van der Waals surface area contributed by atoms with Crippen molar-refractivity contribution in [1.29, 1.82) is 0 Å². The molecule has 6 heteroatoms. The van der Waals surface area contributed by atoms with Gasteiger partial charge in [-0.25, -0.2) is 0 Å². The SMILES string of the molecule is CCN1CCC(CNc2snc(N)c2OC)C1. The van der Waals surface area contributed by atoms with Crippen LogP contribution in [-0.2, 0) is 0 Å². The summed E-state index contributed by atoms with van der Waals surface area (Å²) in [6, 6.07) is 0. The van der Waals surface area contributed by atoms with E-state index in [1.54, 1.807) is 7.11 Å². The predicted molar refractivity (Wildman–Crippen MR) is 71.8 cm³/mol. The summed E-state index contributed by atoms with van der Waals surface area (Å²) in [5, 5.41) is 4.34. The number of likely N-dealkylation sites (tertiary alicyclic amines) is 1. The maximum absolute atomic E-state index is 5.71. The molecule has 5 nitrogen and oxygen atoms in total. The molecule has 0 amide bonds. The minimum Gasteiger partial charge on any atom is -0.490 e. The van der Waals surface area contributed by atoms with E-state index in [0.717, 1.165) is 18.1 Å². The fourth-order valence-corrected chi connectivity index (χ4v) is 2.90. The number of anilines is 2. The summed E-state index contributed by atoms with van der Waals surface area (Å²) in [5.74, 6) is 1.87. The largest absolute Gasteiger partial charge is 0.490 e. The summed E-state index contributed by atoms with van der Waals surface area (Å²) in [7, 11) is 1.62. The summed E-state index contributed by atoms with van der Waals surface area (Å²) >= 11 is 1.37. The van der Waals surface area contributed by atoms with Crippen molar-refractivity contribution < 1.29 is 4.74 Å². The molecule has 0 saturated carbocycles. The Morgan fingerprint density at radius 2 is 2.47 bits per heavy atom. The predicted octanol–water partition coefficient (Wildman–Crippen LogP) is 1.49. The fourth-order valence-electron chi connectivity index (χ4n) is 2.21. The molecule has 3 N–H and O–H groups in total. The topological polar surface area (TPSA) is 63.4 Å². The van der Waals surface area contributed by atoms with Crippen LogP contribution in [0.25, 0.3) is 0 Å². The molecule has 0 aliphatic carbocycles. The van der Waals surface area contributed by atoms with Gasteiger partial charge in [0.1, 0.15) is 0 Å². The van der Waals surface area contributed by atoms with E-state index >= 15 is 0 Å². The highest BCUT2D eigenvalue weighted by Gasteiger charge is 2.21. The van der Waals surface area contributed by atoms with Crippen LogP contribution in [0.15, 0.2) is 0 Å². The lowest BCUT2D eigenvalue weighted by molar-refractivity contribution is 0.345. The zero-order chi connectivity index (χ0) is 12.3. The Bertz CT molecular complexity index is 368. The van der Waals surface area contributed by atoms with Gasteiger partial charge in [-0.2, -0.15) is 4.37 Å². The van der Waals surface area contributed by atoms with Gasteiger partial charge in [-0.15, -0.1) is 0 Å². The molecule has 2 rings (SSSR count). The second-order valence-corrected chi connectivity index (χ2v) is 5.13. The Labute approximate surface area is 106 Å². The van der Waals surface area contributed by atoms with Crippen molar-refractivity contribution in [3.63, 3.8) is 0 Å². The number of nitrogens with zero attached hydrogens (tertiary/aromatic N) is 2. The van der Waals surface area contributed by atoms with Crippen LogP contribution in [0.2, 0.25) is 0 Å². The number of nitrogens with two attached hydrogens (primary N) is 1. The van der Waals surface area contributed by atoms with E-state index in [4.69, 9.17) is 10.5 Å². The molecular formula is C11H20N4OS. The zero-order valence-electron chi connectivity index (χ0n) is 10.4. The first-order valence-corrected chi connectivity index (χ1v) is 6.77. The molecule has 1 aliphatic heterocycles. The fraction of sp³-hybridized carbons (Fsp3) is 0.727. The van der Waals surface area contributed by atoms with E-state index < -0.39 is 0 Å². The van der Waals surface area contributed by atoms with Gasteiger partial charge in [-0.3, -0.25) is 0 Å². The summed E-state index contributed by atoms with van der Waals surface area (Å²) in [5.41, 5.74) is 5.71. The van der Waals surface area contributed by atoms with Crippen molar-refractivity contribution in [2.45, 2.75) is 13.3 Å². The normalized spacial score (nSPS) is 20.7. The lowest BCUT2D eigenvalue weighted by Gasteiger charge is -2.14. The first kappa shape index (κ1) is 12.4. The van der Waals surface area contributed by atoms with Crippen LogP contribution in [0.4, 0.5) is 10.8 Å². The van der Waals surface area contributed by atoms with Crippen LogP contribution >= 0.6 is 11.5 Å². The Balaban J connectivity index is 1.86. The standard InChI is InChI=1S/C11H20N4OS/c1-3-15-5-4-8(7-15)6-13-11-9(16-2)10(12)14-17-11/h8,13H,3-7H2,1-2H3,(H2,12,14). The molecule has 2 heterocycles. The minimum absolute atomic E-state index is 0.474. The van der Waals surface area contributed by atoms with Crippen molar-refractivity contribution >= 4 is 22.4 Å². The number of methoxy groups -OCH3 is 1. The lowest BCUT2D eigenvalue weighted by atomic mass is 10.1. The van der Waals surface area contributed by atoms with Crippen molar-refractivity contribution in [3.05, 3.63) is 0 Å². The number of nitrogens with one attached hydrogen (secondary N) is 1. The van der Waals surface area contributed by atoms with Crippen LogP contribution in [0.1, 0.15) is 13.3 Å². The van der Waals surface area contributed by atoms with E-state index in [1.165, 1.54) is 31.0 Å². The Kier molecular flexibility index (Phi) is 4.06. The Morgan fingerprint density at radius 3 is 3.12 bits per heavy atom. The van der Waals surface area contributed by atoms with E-state index in [-0.39, 0.29) is 0 Å². The summed E-state index contributed by atoms with van der Waals surface area (Å²) < 4.78 is 9.31. The smallest absolute Gasteiger partial charge is 0.197 e. The van der Waals surface area contributed by atoms with Gasteiger partial charge >= 0.3 is 0 Å². The third-order valence-electron chi connectivity index (χ3n) is 3.25. The molecular weight excluding hydrogens is 236 g/mol. The molecule has 0 aromatic carbocycles. The minimum atomic E-state index is 0.474. The molecule has 1 fully saturated rings. The highest BCUT2D eigenvalue weighted by Crippen LogP contribution is 2.35. The average Bonchev–Trinajstić information content (AvgIpc) is 2.92. The first-order valence-electron chi connectivity index (χ1n) is 6.00. The van der Waals surface area contributed by atoms with Crippen LogP contribution in [-0.4, -0.2) is 42.6 Å². The summed E-state index contributed by atoms with van der Waals surface area (Å²) in [6.45, 7) is 6.72. The van der Waals surface area contributed by atoms with Crippen molar-refractivity contribution in [3.8, 4) is 5.75 Å². The number of aromatic nitrogens is 1. The third kappa shape index (κ3) is 2.81. The quantitative estimate of drug-likeness (QED) is 0.835. The molecule has 96 valence electrons. The molecule has 1 atom stereocenters. The van der Waals surface area contributed by atoms with Crippen molar-refractivity contribution in [2.24, 2.45) is 5.92 Å². The maximum Gasteiger partial charge on any atom is 0.197 e. The number of nitrogen functional groups attached to an aromatic ring is 1. The van der Waals surface area contributed by atoms with Gasteiger partial charge in [0.2, 0.25) is 0 Å². The molecule has 1 aromatic heterocycles. The monoisotopic (exact) mass is 256 g/mol. The van der Waals surface area contributed by atoms with Gasteiger partial charge in [0.25, 0.3) is 0 Å². The molecule has 0 bridgehead atoms. The summed E-state index contributed by atoms with van der Waals surface area (Å²) in [4.78, 5) is 2.48. The Hall–Kier alpha value is -1.01. The van der Waals surface area contributed by atoms with E-state index in [9.17, 15) is 0 Å². The summed E-state index contributed by atoms with van der Waals surface area (Å²) in [6.07, 6.45) is 1.26. The Morgan fingerprint density at radius 1 is 1.65 bits per heavy atom. The van der Waals surface area contributed by atoms with Gasteiger partial charge < -0.3 is 20.7 Å². The van der Waals surface area contributed by atoms with Crippen LogP contribution in [0.3, 0.4) is 0 Å². The molecule has 17 heavy (non-hydrogen) atoms. The lowest BCUT2D eigenvalue weighted by Crippen LogP contribution is -2.22. The molecule has 0 radical (unpaired) electrons. The number of ether oxygens (including phenoxy) is 1. The molecule has 1 aromatic rings. The van der Waals surface area contributed by atoms with E-state index in [0.29, 0.717) is 17.5 Å². The maximum atomic E-state index is 5.71. The second-order valence-electron chi connectivity index (χ2n) is 4.36. The van der Waals surface area contributed by atoms with E-state index in [2.05, 4.69) is 21.5 Å². The molecule has 1 aliphatic rings. The third-order valence-corrected chi connectivity index (χ3v) is 4.05. The van der Waals surface area contributed by atoms with Gasteiger partial charge in [-0.05, 0) is 37.0 Å². The molecule has 1 unspecified atom stereocenters. The van der Waals surface area contributed by atoms with E-state index in [1.807, 2.05) is 0 Å². The van der Waals surface area contributed by atoms with Gasteiger partial charge in [0, 0.05) is 13.1 Å². The number of rotatable bonds is 5. The highest BCUT2D eigenvalue weighted by atomic mass is 32.1. The first-order chi connectivity index (χ1) is 8.24. The van der Waals surface area contributed by atoms with Crippen LogP contribution < -0.4 is 15.8 Å². The van der Waals surface area contributed by atoms with Gasteiger partial charge in [-0.1, -0.05) is 6.92 Å². The average molecular weight is 256 g/mol. The van der Waals surface area contributed by atoms with Crippen LogP contribution in [0, 0.1) is 5.92 Å². The van der Waals surface area contributed by atoms with Crippen LogP contribution in [0.5, 0.6) is 5.75 Å². The molecule has 1 saturated heterocycles. The van der Waals surface area contributed by atoms with Gasteiger partial charge in [0.05, 0.1) is 7.11 Å². The second kappa shape index (κ2) is 5.55. The van der Waals surface area contributed by atoms with Crippen molar-refractivity contribution in [1.82, 2.24) is 9.27 Å². The highest BCUT2D eigenvalue weighted by molar-refractivity contribution is 7.11. The number of hydrogen-bond acceptors (Lipinski definition) is 6. The number of hydrogen-bond donors (Lipinski definition) is 2. The van der Waals surface area contributed by atoms with Crippen molar-refractivity contribution in [2.75, 3.05) is 44.3 Å². The zero-order valence-corrected chi connectivity index (χ0v) is 11.2.